The number of esters is 3. The largest absolute Gasteiger partial charge is 0.462 e. The molecule has 0 aliphatic heterocycles. The predicted octanol–water partition coefficient (Wildman–Crippen LogP) is 14.5. The lowest BCUT2D eigenvalue weighted by atomic mass is 10.1. The zero-order valence-electron chi connectivity index (χ0n) is 35.9. The molecule has 0 N–H and O–H groups in total. The summed E-state index contributed by atoms with van der Waals surface area (Å²) in [5.74, 6) is -1.03. The Morgan fingerprint density at radius 1 is 0.382 bits per heavy atom. The van der Waals surface area contributed by atoms with E-state index in [1.807, 2.05) is 6.08 Å². The molecule has 0 rings (SSSR count). The summed E-state index contributed by atoms with van der Waals surface area (Å²) >= 11 is 0. The molecule has 0 heterocycles. The highest BCUT2D eigenvalue weighted by atomic mass is 16.6. The van der Waals surface area contributed by atoms with Crippen molar-refractivity contribution in [2.75, 3.05) is 13.2 Å². The van der Waals surface area contributed by atoms with Crippen LogP contribution in [-0.4, -0.2) is 37.2 Å². The van der Waals surface area contributed by atoms with E-state index in [2.05, 4.69) is 75.5 Å². The number of allylic oxidation sites excluding steroid dienone is 10. The van der Waals surface area contributed by atoms with E-state index in [9.17, 15) is 14.4 Å². The fraction of sp³-hybridized carbons (Fsp3) is 0.735. The van der Waals surface area contributed by atoms with Crippen LogP contribution in [0, 0.1) is 0 Å². The standard InChI is InChI=1S/C49H84O6/c1-4-7-10-13-16-19-22-24-27-30-33-36-39-42-48(51)54-45-46(44-53-47(50)41-38-35-32-29-26-21-18-15-12-9-6-3)55-49(52)43-40-37-34-31-28-25-23-20-17-14-11-8-5-2/h15,18,21,24-28,33,36,46H,4-14,16-17,19-20,22-23,29-32,34-35,37-45H2,1-3H3/b18-15-,26-21-,27-24-,28-25-,36-33-. The van der Waals surface area contributed by atoms with E-state index >= 15 is 0 Å². The summed E-state index contributed by atoms with van der Waals surface area (Å²) in [6.45, 7) is 6.46. The van der Waals surface area contributed by atoms with E-state index in [1.54, 1.807) is 0 Å². The predicted molar refractivity (Wildman–Crippen MR) is 233 cm³/mol. The van der Waals surface area contributed by atoms with Gasteiger partial charge in [0, 0.05) is 19.3 Å². The molecule has 0 amide bonds. The Hall–Kier alpha value is -2.89. The molecule has 1 atom stereocenters. The minimum atomic E-state index is -0.812. The lowest BCUT2D eigenvalue weighted by molar-refractivity contribution is -0.166. The van der Waals surface area contributed by atoms with Crippen molar-refractivity contribution < 1.29 is 28.6 Å². The van der Waals surface area contributed by atoms with Crippen LogP contribution in [0.4, 0.5) is 0 Å². The summed E-state index contributed by atoms with van der Waals surface area (Å²) in [4.78, 5) is 37.7. The number of carbonyl (C=O) groups is 3. The summed E-state index contributed by atoms with van der Waals surface area (Å²) in [6, 6.07) is 0. The van der Waals surface area contributed by atoms with Gasteiger partial charge in [-0.15, -0.1) is 0 Å². The molecular formula is C49H84O6. The van der Waals surface area contributed by atoms with Crippen molar-refractivity contribution >= 4 is 17.9 Å². The highest BCUT2D eigenvalue weighted by Gasteiger charge is 2.19. The number of unbranched alkanes of at least 4 members (excludes halogenated alkanes) is 20. The first-order chi connectivity index (χ1) is 27.0. The van der Waals surface area contributed by atoms with Crippen LogP contribution in [0.15, 0.2) is 60.8 Å². The van der Waals surface area contributed by atoms with Crippen LogP contribution in [0.25, 0.3) is 0 Å². The van der Waals surface area contributed by atoms with Gasteiger partial charge in [-0.3, -0.25) is 14.4 Å². The molecule has 0 aliphatic carbocycles. The van der Waals surface area contributed by atoms with E-state index in [1.165, 1.54) is 89.9 Å². The van der Waals surface area contributed by atoms with Crippen LogP contribution in [0.3, 0.4) is 0 Å². The topological polar surface area (TPSA) is 78.9 Å². The first-order valence-corrected chi connectivity index (χ1v) is 22.8. The lowest BCUT2D eigenvalue weighted by Gasteiger charge is -2.18. The molecule has 6 heteroatoms. The van der Waals surface area contributed by atoms with Crippen LogP contribution >= 0.6 is 0 Å². The third-order valence-corrected chi connectivity index (χ3v) is 9.51. The van der Waals surface area contributed by atoms with Crippen molar-refractivity contribution in [2.45, 2.75) is 219 Å². The van der Waals surface area contributed by atoms with Crippen molar-refractivity contribution in [3.63, 3.8) is 0 Å². The summed E-state index contributed by atoms with van der Waals surface area (Å²) in [5, 5.41) is 0. The molecule has 0 aromatic rings. The molecule has 0 aromatic carbocycles. The Labute approximate surface area is 339 Å². The maximum absolute atomic E-state index is 12.7. The summed E-state index contributed by atoms with van der Waals surface area (Å²) < 4.78 is 16.6. The molecule has 0 spiro atoms. The van der Waals surface area contributed by atoms with Gasteiger partial charge in [-0.05, 0) is 83.5 Å². The summed E-state index contributed by atoms with van der Waals surface area (Å²) in [5.41, 5.74) is 0. The molecule has 316 valence electrons. The Morgan fingerprint density at radius 3 is 1.29 bits per heavy atom. The number of hydrogen-bond acceptors (Lipinski definition) is 6. The van der Waals surface area contributed by atoms with E-state index < -0.39 is 6.10 Å². The third kappa shape index (κ3) is 42.1. The van der Waals surface area contributed by atoms with E-state index in [4.69, 9.17) is 14.2 Å². The molecule has 1 unspecified atom stereocenters. The van der Waals surface area contributed by atoms with E-state index in [-0.39, 0.29) is 37.5 Å². The maximum Gasteiger partial charge on any atom is 0.306 e. The normalized spacial score (nSPS) is 12.6. The number of carbonyl (C=O) groups excluding carboxylic acids is 3. The highest BCUT2D eigenvalue weighted by molar-refractivity contribution is 5.71. The fourth-order valence-corrected chi connectivity index (χ4v) is 5.99. The Balaban J connectivity index is 4.51. The van der Waals surface area contributed by atoms with Crippen molar-refractivity contribution in [1.29, 1.82) is 0 Å². The Kier molecular flexibility index (Phi) is 41.5. The van der Waals surface area contributed by atoms with Gasteiger partial charge in [0.05, 0.1) is 0 Å². The van der Waals surface area contributed by atoms with Crippen molar-refractivity contribution in [1.82, 2.24) is 0 Å². The quantitative estimate of drug-likeness (QED) is 0.0203. The van der Waals surface area contributed by atoms with Crippen LogP contribution in [-0.2, 0) is 28.6 Å². The minimum Gasteiger partial charge on any atom is -0.462 e. The van der Waals surface area contributed by atoms with Crippen LogP contribution < -0.4 is 0 Å². The summed E-state index contributed by atoms with van der Waals surface area (Å²) in [6.07, 6.45) is 52.2. The molecule has 0 radical (unpaired) electrons. The molecule has 0 saturated carbocycles. The zero-order valence-corrected chi connectivity index (χ0v) is 35.9. The second-order valence-corrected chi connectivity index (χ2v) is 15.0. The van der Waals surface area contributed by atoms with Gasteiger partial charge in [0.2, 0.25) is 0 Å². The fourth-order valence-electron chi connectivity index (χ4n) is 5.99. The molecule has 0 aromatic heterocycles. The minimum absolute atomic E-state index is 0.112. The van der Waals surface area contributed by atoms with Crippen LogP contribution in [0.1, 0.15) is 213 Å². The molecule has 0 fully saturated rings. The number of hydrogen-bond donors (Lipinski definition) is 0. The maximum atomic E-state index is 12.7. The smallest absolute Gasteiger partial charge is 0.306 e. The van der Waals surface area contributed by atoms with Crippen molar-refractivity contribution in [3.05, 3.63) is 60.8 Å². The van der Waals surface area contributed by atoms with Crippen LogP contribution in [0.5, 0.6) is 0 Å². The molecule has 0 aliphatic rings. The van der Waals surface area contributed by atoms with Crippen molar-refractivity contribution in [3.8, 4) is 0 Å². The van der Waals surface area contributed by atoms with Gasteiger partial charge in [0.15, 0.2) is 6.10 Å². The van der Waals surface area contributed by atoms with Gasteiger partial charge in [0.1, 0.15) is 13.2 Å². The monoisotopic (exact) mass is 769 g/mol. The van der Waals surface area contributed by atoms with Crippen LogP contribution in [0.2, 0.25) is 0 Å². The van der Waals surface area contributed by atoms with E-state index in [0.29, 0.717) is 19.3 Å². The van der Waals surface area contributed by atoms with Gasteiger partial charge >= 0.3 is 17.9 Å². The third-order valence-electron chi connectivity index (χ3n) is 9.51. The molecular weight excluding hydrogens is 685 g/mol. The van der Waals surface area contributed by atoms with E-state index in [0.717, 1.165) is 77.0 Å². The first-order valence-electron chi connectivity index (χ1n) is 22.8. The molecule has 0 bridgehead atoms. The van der Waals surface area contributed by atoms with Gasteiger partial charge in [-0.25, -0.2) is 0 Å². The average Bonchev–Trinajstić information content (AvgIpc) is 3.18. The lowest BCUT2D eigenvalue weighted by Crippen LogP contribution is -2.30. The number of rotatable bonds is 40. The van der Waals surface area contributed by atoms with Crippen molar-refractivity contribution in [2.24, 2.45) is 0 Å². The summed E-state index contributed by atoms with van der Waals surface area (Å²) in [7, 11) is 0. The Morgan fingerprint density at radius 2 is 0.764 bits per heavy atom. The molecule has 6 nitrogen and oxygen atoms in total. The highest BCUT2D eigenvalue weighted by Crippen LogP contribution is 2.12. The first kappa shape index (κ1) is 52.1. The SMILES string of the molecule is CCCC/C=C\C=C/CCCCCC(=O)OCC(COC(=O)CC/C=C\C/C=C\CCCCCCCC)OC(=O)CCCCC/C=C\CCCCCCCC. The van der Waals surface area contributed by atoms with Gasteiger partial charge < -0.3 is 14.2 Å². The zero-order chi connectivity index (χ0) is 40.1. The number of ether oxygens (including phenoxy) is 3. The second-order valence-electron chi connectivity index (χ2n) is 15.0. The van der Waals surface area contributed by atoms with Gasteiger partial charge in [0.25, 0.3) is 0 Å². The molecule has 55 heavy (non-hydrogen) atoms. The second kappa shape index (κ2) is 43.8. The Bertz CT molecular complexity index is 1020. The molecule has 0 saturated heterocycles. The average molecular weight is 769 g/mol. The van der Waals surface area contributed by atoms with Gasteiger partial charge in [-0.2, -0.15) is 0 Å². The van der Waals surface area contributed by atoms with Gasteiger partial charge in [-0.1, -0.05) is 171 Å².